The number of hydrogen-bond donors (Lipinski definition) is 0. The predicted octanol–water partition coefficient (Wildman–Crippen LogP) is 14.4. The van der Waals surface area contributed by atoms with E-state index in [1.54, 1.807) is 0 Å². The summed E-state index contributed by atoms with van der Waals surface area (Å²) in [4.78, 5) is 24.0. The van der Waals surface area contributed by atoms with Crippen LogP contribution in [0.15, 0.2) is 200 Å². The van der Waals surface area contributed by atoms with Crippen molar-refractivity contribution in [3.8, 4) is 67.5 Å². The Morgan fingerprint density at radius 2 is 0.817 bits per heavy atom. The molecule has 0 atom stereocenters. The van der Waals surface area contributed by atoms with Gasteiger partial charge in [-0.15, -0.1) is 0 Å². The van der Waals surface area contributed by atoms with E-state index in [1.807, 2.05) is 72.9 Å². The van der Waals surface area contributed by atoms with Gasteiger partial charge in [-0.1, -0.05) is 170 Å². The number of hydrogen-bond acceptors (Lipinski definition) is 4. The van der Waals surface area contributed by atoms with E-state index in [9.17, 15) is 0 Å². The Morgan fingerprint density at radius 1 is 0.317 bits per heavy atom. The van der Waals surface area contributed by atoms with E-state index < -0.39 is 0 Å². The number of aromatic nitrogens is 4. The lowest BCUT2D eigenvalue weighted by Crippen LogP contribution is -2.00. The van der Waals surface area contributed by atoms with Crippen LogP contribution in [0, 0.1) is 6.57 Å². The minimum absolute atomic E-state index is 0.595. The van der Waals surface area contributed by atoms with Crippen LogP contribution in [0.1, 0.15) is 0 Å². The van der Waals surface area contributed by atoms with E-state index in [4.69, 9.17) is 26.5 Å². The van der Waals surface area contributed by atoms with Gasteiger partial charge in [0.15, 0.2) is 23.2 Å². The van der Waals surface area contributed by atoms with E-state index in [0.29, 0.717) is 23.2 Å². The first-order valence-electron chi connectivity index (χ1n) is 19.9. The standard InChI is InChI=1S/C55H33N5/c1-56-51-30-29-44(41-20-10-11-23-45(41)51)48-34-50-46-24-13-31-57-52(46)47(33-49(50)43-22-9-8-21-42(43)48)39-18-12-19-40(32-39)55-59-53(37-16-6-3-7-17-37)58-54(60-55)38-27-25-36(26-28-38)35-14-4-2-5-15-35/h2-34H. The number of rotatable bonds is 6. The topological polar surface area (TPSA) is 55.9 Å². The minimum Gasteiger partial charge on any atom is -0.256 e. The second kappa shape index (κ2) is 14.6. The highest BCUT2D eigenvalue weighted by molar-refractivity contribution is 6.24. The smallest absolute Gasteiger partial charge is 0.194 e. The number of fused-ring (bicyclic) bond motifs is 6. The third-order valence-corrected chi connectivity index (χ3v) is 11.4. The molecule has 0 aliphatic carbocycles. The van der Waals surface area contributed by atoms with Crippen molar-refractivity contribution < 1.29 is 0 Å². The van der Waals surface area contributed by atoms with Gasteiger partial charge >= 0.3 is 0 Å². The molecular formula is C55H33N5. The maximum Gasteiger partial charge on any atom is 0.194 e. The Hall–Kier alpha value is -8.33. The first kappa shape index (κ1) is 34.9. The van der Waals surface area contributed by atoms with Crippen molar-refractivity contribution in [1.82, 2.24) is 19.9 Å². The Bertz CT molecular complexity index is 3480. The summed E-state index contributed by atoms with van der Waals surface area (Å²) in [6.07, 6.45) is 1.87. The van der Waals surface area contributed by atoms with Crippen molar-refractivity contribution in [2.75, 3.05) is 0 Å². The molecule has 0 N–H and O–H groups in total. The molecule has 0 fully saturated rings. The molecule has 0 saturated heterocycles. The maximum absolute atomic E-state index is 7.81. The number of benzene rings is 9. The summed E-state index contributed by atoms with van der Waals surface area (Å²) in [7, 11) is 0. The quantitative estimate of drug-likeness (QED) is 0.125. The zero-order valence-electron chi connectivity index (χ0n) is 32.3. The molecule has 11 rings (SSSR count). The van der Waals surface area contributed by atoms with Crippen LogP contribution in [0.25, 0.3) is 116 Å². The summed E-state index contributed by atoms with van der Waals surface area (Å²) >= 11 is 0. The van der Waals surface area contributed by atoms with Gasteiger partial charge < -0.3 is 0 Å². The van der Waals surface area contributed by atoms with Crippen molar-refractivity contribution in [1.29, 1.82) is 0 Å². The summed E-state index contributed by atoms with van der Waals surface area (Å²) in [6, 6.07) is 67.0. The van der Waals surface area contributed by atoms with E-state index >= 15 is 0 Å². The lowest BCUT2D eigenvalue weighted by molar-refractivity contribution is 1.07. The van der Waals surface area contributed by atoms with E-state index in [1.165, 1.54) is 0 Å². The molecule has 2 aromatic heterocycles. The Labute approximate surface area is 346 Å². The van der Waals surface area contributed by atoms with Crippen LogP contribution in [0.3, 0.4) is 0 Å². The number of nitrogens with zero attached hydrogens (tertiary/aromatic N) is 5. The van der Waals surface area contributed by atoms with Gasteiger partial charge in [0, 0.05) is 33.8 Å². The molecule has 278 valence electrons. The maximum atomic E-state index is 7.81. The molecule has 0 radical (unpaired) electrons. The monoisotopic (exact) mass is 763 g/mol. The van der Waals surface area contributed by atoms with Gasteiger partial charge in [0.2, 0.25) is 0 Å². The highest BCUT2D eigenvalue weighted by Crippen LogP contribution is 2.44. The molecule has 0 unspecified atom stereocenters. The van der Waals surface area contributed by atoms with Gasteiger partial charge in [-0.2, -0.15) is 0 Å². The summed E-state index contributed by atoms with van der Waals surface area (Å²) in [5, 5.41) is 7.65. The van der Waals surface area contributed by atoms with Crippen molar-refractivity contribution >= 4 is 48.9 Å². The summed E-state index contributed by atoms with van der Waals surface area (Å²) in [5.41, 5.74) is 10.8. The normalized spacial score (nSPS) is 11.3. The fourth-order valence-electron chi connectivity index (χ4n) is 8.50. The summed E-state index contributed by atoms with van der Waals surface area (Å²) in [6.45, 7) is 7.81. The van der Waals surface area contributed by atoms with Crippen molar-refractivity contribution in [2.24, 2.45) is 0 Å². The molecular weight excluding hydrogens is 731 g/mol. The van der Waals surface area contributed by atoms with Crippen LogP contribution in [-0.4, -0.2) is 19.9 Å². The third-order valence-electron chi connectivity index (χ3n) is 11.4. The van der Waals surface area contributed by atoms with Gasteiger partial charge in [-0.25, -0.2) is 19.8 Å². The largest absolute Gasteiger partial charge is 0.256 e. The van der Waals surface area contributed by atoms with Crippen LogP contribution in [0.2, 0.25) is 0 Å². The molecule has 5 nitrogen and oxygen atoms in total. The van der Waals surface area contributed by atoms with E-state index in [-0.39, 0.29) is 0 Å². The van der Waals surface area contributed by atoms with Crippen molar-refractivity contribution in [3.05, 3.63) is 212 Å². The van der Waals surface area contributed by atoms with Gasteiger partial charge in [-0.3, -0.25) is 4.98 Å². The minimum atomic E-state index is 0.595. The van der Waals surface area contributed by atoms with E-state index in [2.05, 4.69) is 132 Å². The highest BCUT2D eigenvalue weighted by atomic mass is 15.0. The fourth-order valence-corrected chi connectivity index (χ4v) is 8.50. The van der Waals surface area contributed by atoms with Crippen LogP contribution in [-0.2, 0) is 0 Å². The van der Waals surface area contributed by atoms with Crippen LogP contribution in [0.5, 0.6) is 0 Å². The molecule has 9 aromatic carbocycles. The Kier molecular flexibility index (Phi) is 8.46. The fraction of sp³-hybridized carbons (Fsp3) is 0. The van der Waals surface area contributed by atoms with E-state index in [0.717, 1.165) is 93.3 Å². The third kappa shape index (κ3) is 6.03. The molecule has 0 aliphatic rings. The van der Waals surface area contributed by atoms with Crippen molar-refractivity contribution in [3.63, 3.8) is 0 Å². The average molecular weight is 764 g/mol. The molecule has 60 heavy (non-hydrogen) atoms. The van der Waals surface area contributed by atoms with Gasteiger partial charge in [0.25, 0.3) is 0 Å². The first-order valence-corrected chi connectivity index (χ1v) is 19.9. The molecule has 11 aromatic rings. The highest BCUT2D eigenvalue weighted by Gasteiger charge is 2.18. The van der Waals surface area contributed by atoms with Crippen LogP contribution < -0.4 is 0 Å². The number of pyridine rings is 1. The summed E-state index contributed by atoms with van der Waals surface area (Å²) in [5.74, 6) is 1.82. The van der Waals surface area contributed by atoms with Gasteiger partial charge in [0.05, 0.1) is 12.1 Å². The first-order chi connectivity index (χ1) is 29.7. The molecule has 0 saturated carbocycles. The molecule has 0 aliphatic heterocycles. The molecule has 0 amide bonds. The lowest BCUT2D eigenvalue weighted by Gasteiger charge is -2.17. The molecule has 2 heterocycles. The zero-order chi connectivity index (χ0) is 40.0. The van der Waals surface area contributed by atoms with Crippen LogP contribution >= 0.6 is 0 Å². The van der Waals surface area contributed by atoms with Gasteiger partial charge in [0.1, 0.15) is 0 Å². The predicted molar refractivity (Wildman–Crippen MR) is 247 cm³/mol. The Morgan fingerprint density at radius 3 is 1.53 bits per heavy atom. The molecule has 0 bridgehead atoms. The SMILES string of the molecule is [C-]#[N+]c1ccc(-c2cc3c4cccnc4c(-c4cccc(-c5nc(-c6ccccc6)nc(-c6ccc(-c7ccccc7)cc6)n5)c4)cc3c3ccccc23)c2ccccc12. The molecule has 0 spiro atoms. The van der Waals surface area contributed by atoms with Crippen molar-refractivity contribution in [2.45, 2.75) is 0 Å². The summed E-state index contributed by atoms with van der Waals surface area (Å²) < 4.78 is 0. The molecule has 5 heteroatoms. The second-order valence-corrected chi connectivity index (χ2v) is 14.9. The van der Waals surface area contributed by atoms with Crippen LogP contribution in [0.4, 0.5) is 5.69 Å². The average Bonchev–Trinajstić information content (AvgIpc) is 3.33. The lowest BCUT2D eigenvalue weighted by atomic mass is 9.87. The zero-order valence-corrected chi connectivity index (χ0v) is 32.3. The second-order valence-electron chi connectivity index (χ2n) is 14.9. The Balaban J connectivity index is 1.08. The van der Waals surface area contributed by atoms with Gasteiger partial charge in [-0.05, 0) is 84.4 Å².